The molecule has 1 heterocycles. The Morgan fingerprint density at radius 1 is 1.45 bits per heavy atom. The van der Waals surface area contributed by atoms with E-state index in [1.807, 2.05) is 13.0 Å². The monoisotopic (exact) mass is 279 g/mol. The summed E-state index contributed by atoms with van der Waals surface area (Å²) in [5, 5.41) is 3.23. The number of hydrogen-bond donors (Lipinski definition) is 1. The first-order valence-electron chi connectivity index (χ1n) is 7.49. The van der Waals surface area contributed by atoms with Crippen molar-refractivity contribution in [1.29, 1.82) is 0 Å². The van der Waals surface area contributed by atoms with Gasteiger partial charge >= 0.3 is 0 Å². The molecule has 1 aliphatic heterocycles. The third kappa shape index (κ3) is 3.70. The molecule has 0 bridgehead atoms. The lowest BCUT2D eigenvalue weighted by atomic mass is 10.1. The number of nitrogens with zero attached hydrogens (tertiary/aromatic N) is 2. The zero-order valence-electron chi connectivity index (χ0n) is 12.8. The standard InChI is InChI=1S/C16H26FN3/c1-4-18-10-14-15(17)6-5-7-16(14)20(3)12-13-8-9-19(2)11-13/h5-7,13,18H,4,8-12H2,1-3H3. The molecule has 0 aromatic heterocycles. The van der Waals surface area contributed by atoms with E-state index in [2.05, 4.69) is 29.2 Å². The Morgan fingerprint density at radius 2 is 2.25 bits per heavy atom. The number of nitrogens with one attached hydrogen (secondary N) is 1. The molecular formula is C16H26FN3. The molecule has 2 rings (SSSR count). The fourth-order valence-corrected chi connectivity index (χ4v) is 2.99. The van der Waals surface area contributed by atoms with Crippen LogP contribution in [0.5, 0.6) is 0 Å². The van der Waals surface area contributed by atoms with Crippen molar-refractivity contribution in [3.05, 3.63) is 29.6 Å². The number of hydrogen-bond acceptors (Lipinski definition) is 3. The summed E-state index contributed by atoms with van der Waals surface area (Å²) >= 11 is 0. The number of likely N-dealkylation sites (tertiary alicyclic amines) is 1. The highest BCUT2D eigenvalue weighted by Gasteiger charge is 2.22. The molecule has 1 aromatic carbocycles. The average molecular weight is 279 g/mol. The van der Waals surface area contributed by atoms with Gasteiger partial charge in [0.15, 0.2) is 0 Å². The summed E-state index contributed by atoms with van der Waals surface area (Å²) in [6.07, 6.45) is 1.23. The van der Waals surface area contributed by atoms with Crippen LogP contribution in [0, 0.1) is 11.7 Å². The topological polar surface area (TPSA) is 18.5 Å². The minimum atomic E-state index is -0.112. The zero-order chi connectivity index (χ0) is 14.5. The van der Waals surface area contributed by atoms with E-state index in [9.17, 15) is 4.39 Å². The third-order valence-electron chi connectivity index (χ3n) is 4.08. The maximum Gasteiger partial charge on any atom is 0.129 e. The largest absolute Gasteiger partial charge is 0.374 e. The van der Waals surface area contributed by atoms with Crippen molar-refractivity contribution in [1.82, 2.24) is 10.2 Å². The first kappa shape index (κ1) is 15.3. The molecule has 112 valence electrons. The summed E-state index contributed by atoms with van der Waals surface area (Å²) in [5.74, 6) is 0.569. The van der Waals surface area contributed by atoms with E-state index >= 15 is 0 Å². The summed E-state index contributed by atoms with van der Waals surface area (Å²) < 4.78 is 14.0. The van der Waals surface area contributed by atoms with E-state index < -0.39 is 0 Å². The van der Waals surface area contributed by atoms with Gasteiger partial charge in [0.2, 0.25) is 0 Å². The van der Waals surface area contributed by atoms with E-state index in [-0.39, 0.29) is 5.82 Å². The van der Waals surface area contributed by atoms with Crippen LogP contribution in [-0.2, 0) is 6.54 Å². The first-order valence-corrected chi connectivity index (χ1v) is 7.49. The lowest BCUT2D eigenvalue weighted by molar-refractivity contribution is 0.395. The second kappa shape index (κ2) is 7.04. The van der Waals surface area contributed by atoms with Crippen LogP contribution < -0.4 is 10.2 Å². The number of halogens is 1. The summed E-state index contributed by atoms with van der Waals surface area (Å²) in [4.78, 5) is 4.57. The second-order valence-electron chi connectivity index (χ2n) is 5.82. The number of benzene rings is 1. The van der Waals surface area contributed by atoms with Crippen molar-refractivity contribution in [3.8, 4) is 0 Å². The van der Waals surface area contributed by atoms with Gasteiger partial charge in [-0.05, 0) is 44.6 Å². The van der Waals surface area contributed by atoms with E-state index in [4.69, 9.17) is 0 Å². The Morgan fingerprint density at radius 3 is 2.90 bits per heavy atom. The molecule has 1 fully saturated rings. The van der Waals surface area contributed by atoms with Crippen molar-refractivity contribution < 1.29 is 4.39 Å². The minimum Gasteiger partial charge on any atom is -0.374 e. The normalized spacial score (nSPS) is 19.5. The lowest BCUT2D eigenvalue weighted by Crippen LogP contribution is -2.29. The maximum absolute atomic E-state index is 14.0. The molecule has 0 spiro atoms. The van der Waals surface area contributed by atoms with Crippen LogP contribution in [0.15, 0.2) is 18.2 Å². The fraction of sp³-hybridized carbons (Fsp3) is 0.625. The molecule has 1 aromatic rings. The van der Waals surface area contributed by atoms with Crippen molar-refractivity contribution in [2.75, 3.05) is 45.2 Å². The van der Waals surface area contributed by atoms with E-state index in [0.29, 0.717) is 12.5 Å². The van der Waals surface area contributed by atoms with Gasteiger partial charge in [-0.1, -0.05) is 13.0 Å². The highest BCUT2D eigenvalue weighted by atomic mass is 19.1. The van der Waals surface area contributed by atoms with Gasteiger partial charge in [-0.15, -0.1) is 0 Å². The van der Waals surface area contributed by atoms with Crippen molar-refractivity contribution in [2.24, 2.45) is 5.92 Å². The predicted molar refractivity (Wildman–Crippen MR) is 82.7 cm³/mol. The Balaban J connectivity index is 2.08. The van der Waals surface area contributed by atoms with Gasteiger partial charge in [0.1, 0.15) is 5.82 Å². The summed E-state index contributed by atoms with van der Waals surface area (Å²) in [5.41, 5.74) is 1.80. The number of anilines is 1. The smallest absolute Gasteiger partial charge is 0.129 e. The highest BCUT2D eigenvalue weighted by molar-refractivity contribution is 5.53. The van der Waals surface area contributed by atoms with Gasteiger partial charge in [-0.25, -0.2) is 4.39 Å². The van der Waals surface area contributed by atoms with Gasteiger partial charge in [-0.2, -0.15) is 0 Å². The molecule has 1 N–H and O–H groups in total. The van der Waals surface area contributed by atoms with Crippen LogP contribution in [0.25, 0.3) is 0 Å². The minimum absolute atomic E-state index is 0.112. The third-order valence-corrected chi connectivity index (χ3v) is 4.08. The van der Waals surface area contributed by atoms with E-state index in [1.54, 1.807) is 12.1 Å². The van der Waals surface area contributed by atoms with E-state index in [1.165, 1.54) is 13.0 Å². The highest BCUT2D eigenvalue weighted by Crippen LogP contribution is 2.25. The van der Waals surface area contributed by atoms with Gasteiger partial charge in [0.25, 0.3) is 0 Å². The molecule has 4 heteroatoms. The van der Waals surface area contributed by atoms with Crippen LogP contribution in [-0.4, -0.2) is 45.2 Å². The predicted octanol–water partition coefficient (Wildman–Crippen LogP) is 2.32. The lowest BCUT2D eigenvalue weighted by Gasteiger charge is -2.26. The summed E-state index contributed by atoms with van der Waals surface area (Å²) in [6.45, 7) is 6.79. The zero-order valence-corrected chi connectivity index (χ0v) is 12.8. The van der Waals surface area contributed by atoms with Gasteiger partial charge in [0.05, 0.1) is 0 Å². The van der Waals surface area contributed by atoms with E-state index in [0.717, 1.165) is 30.9 Å². The van der Waals surface area contributed by atoms with Crippen molar-refractivity contribution in [2.45, 2.75) is 19.9 Å². The van der Waals surface area contributed by atoms with Gasteiger partial charge in [0, 0.05) is 37.9 Å². The van der Waals surface area contributed by atoms with Crippen LogP contribution in [0.2, 0.25) is 0 Å². The second-order valence-corrected chi connectivity index (χ2v) is 5.82. The molecule has 1 atom stereocenters. The number of rotatable bonds is 6. The Labute approximate surface area is 121 Å². The van der Waals surface area contributed by atoms with Crippen molar-refractivity contribution in [3.63, 3.8) is 0 Å². The van der Waals surface area contributed by atoms with Gasteiger partial charge in [-0.3, -0.25) is 0 Å². The molecular weight excluding hydrogens is 253 g/mol. The Kier molecular flexibility index (Phi) is 5.38. The SMILES string of the molecule is CCNCc1c(F)cccc1N(C)CC1CCN(C)C1. The molecule has 1 unspecified atom stereocenters. The fourth-order valence-electron chi connectivity index (χ4n) is 2.99. The molecule has 0 amide bonds. The molecule has 0 saturated carbocycles. The molecule has 0 aliphatic carbocycles. The van der Waals surface area contributed by atoms with Crippen LogP contribution in [0.1, 0.15) is 18.9 Å². The summed E-state index contributed by atoms with van der Waals surface area (Å²) in [6, 6.07) is 5.37. The van der Waals surface area contributed by atoms with Gasteiger partial charge < -0.3 is 15.1 Å². The van der Waals surface area contributed by atoms with Crippen LogP contribution in [0.3, 0.4) is 0 Å². The van der Waals surface area contributed by atoms with Crippen molar-refractivity contribution >= 4 is 5.69 Å². The quantitative estimate of drug-likeness (QED) is 0.862. The molecule has 20 heavy (non-hydrogen) atoms. The molecule has 1 aliphatic rings. The maximum atomic E-state index is 14.0. The molecule has 1 saturated heterocycles. The first-order chi connectivity index (χ1) is 9.61. The molecule has 0 radical (unpaired) electrons. The summed E-state index contributed by atoms with van der Waals surface area (Å²) in [7, 11) is 4.24. The Bertz CT molecular complexity index is 436. The Hall–Kier alpha value is -1.13. The van der Waals surface area contributed by atoms with Crippen LogP contribution >= 0.6 is 0 Å². The molecule has 3 nitrogen and oxygen atoms in total. The van der Waals surface area contributed by atoms with Crippen LogP contribution in [0.4, 0.5) is 10.1 Å². The average Bonchev–Trinajstić information content (AvgIpc) is 2.82.